The maximum absolute atomic E-state index is 12.8. The van der Waals surface area contributed by atoms with E-state index in [2.05, 4.69) is 0 Å². The van der Waals surface area contributed by atoms with Crippen LogP contribution in [0.2, 0.25) is 5.02 Å². The van der Waals surface area contributed by atoms with Crippen molar-refractivity contribution in [3.05, 3.63) is 65.2 Å². The molecule has 0 aliphatic heterocycles. The van der Waals surface area contributed by atoms with E-state index in [1.165, 1.54) is 12.1 Å². The van der Waals surface area contributed by atoms with Gasteiger partial charge in [-0.3, -0.25) is 0 Å². The highest BCUT2D eigenvalue weighted by atomic mass is 35.5. The Bertz CT molecular complexity index is 804. The molecule has 1 saturated carbocycles. The Morgan fingerprint density at radius 2 is 1.64 bits per heavy atom. The van der Waals surface area contributed by atoms with Crippen molar-refractivity contribution in [3.8, 4) is 0 Å². The zero-order valence-corrected chi connectivity index (χ0v) is 13.9. The third kappa shape index (κ3) is 2.64. The van der Waals surface area contributed by atoms with Gasteiger partial charge >= 0.3 is 0 Å². The molecule has 1 aliphatic carbocycles. The number of thiocarbonyl (C=S) groups is 1. The third-order valence-electron chi connectivity index (χ3n) is 3.97. The van der Waals surface area contributed by atoms with Crippen LogP contribution in [0.4, 0.5) is 0 Å². The lowest BCUT2D eigenvalue weighted by atomic mass is 10.1. The van der Waals surface area contributed by atoms with Crippen molar-refractivity contribution >= 4 is 38.6 Å². The van der Waals surface area contributed by atoms with Crippen molar-refractivity contribution in [3.63, 3.8) is 0 Å². The molecule has 0 saturated heterocycles. The van der Waals surface area contributed by atoms with Crippen molar-refractivity contribution in [2.75, 3.05) is 0 Å². The number of benzene rings is 2. The van der Waals surface area contributed by atoms with Gasteiger partial charge in [-0.25, -0.2) is 8.42 Å². The monoisotopic (exact) mass is 351 g/mol. The quantitative estimate of drug-likeness (QED) is 0.859. The van der Waals surface area contributed by atoms with Crippen LogP contribution in [0.5, 0.6) is 0 Å². The average Bonchev–Trinajstić information content (AvgIpc) is 3.25. The number of halogens is 1. The van der Waals surface area contributed by atoms with E-state index in [1.807, 2.05) is 30.3 Å². The standard InChI is InChI=1S/C16H14ClNO2S2/c17-11-6-8-12(9-7-11)22(19,20)15-13(14(15)16(18)21)10-4-2-1-3-5-10/h1-9,13-15H,(H2,18,21)/t13-,14-,15-/m0/s1. The van der Waals surface area contributed by atoms with E-state index in [-0.39, 0.29) is 21.7 Å². The number of hydrogen-bond acceptors (Lipinski definition) is 3. The molecule has 3 rings (SSSR count). The molecule has 3 atom stereocenters. The largest absolute Gasteiger partial charge is 0.393 e. The van der Waals surface area contributed by atoms with E-state index in [0.717, 1.165) is 5.56 Å². The van der Waals surface area contributed by atoms with Gasteiger partial charge in [0.1, 0.15) is 0 Å². The van der Waals surface area contributed by atoms with Gasteiger partial charge in [-0.05, 0) is 29.8 Å². The highest BCUT2D eigenvalue weighted by molar-refractivity contribution is 7.92. The van der Waals surface area contributed by atoms with Crippen LogP contribution in [-0.4, -0.2) is 18.7 Å². The predicted molar refractivity (Wildman–Crippen MR) is 91.9 cm³/mol. The predicted octanol–water partition coefficient (Wildman–Crippen LogP) is 3.18. The SMILES string of the molecule is NC(=S)[C@H]1[C@H](c2ccccc2)[C@@H]1S(=O)(=O)c1ccc(Cl)cc1. The molecule has 6 heteroatoms. The fourth-order valence-electron chi connectivity index (χ4n) is 2.86. The van der Waals surface area contributed by atoms with Crippen LogP contribution in [0.15, 0.2) is 59.5 Å². The highest BCUT2D eigenvalue weighted by Gasteiger charge is 2.60. The number of rotatable bonds is 4. The first-order valence-corrected chi connectivity index (χ1v) is 9.10. The van der Waals surface area contributed by atoms with Gasteiger partial charge in [-0.15, -0.1) is 0 Å². The van der Waals surface area contributed by atoms with Crippen LogP contribution in [0, 0.1) is 5.92 Å². The van der Waals surface area contributed by atoms with Crippen LogP contribution in [-0.2, 0) is 9.84 Å². The maximum Gasteiger partial charge on any atom is 0.182 e. The van der Waals surface area contributed by atoms with Gasteiger partial charge in [0, 0.05) is 16.9 Å². The molecule has 0 spiro atoms. The lowest BCUT2D eigenvalue weighted by Gasteiger charge is -2.04. The minimum Gasteiger partial charge on any atom is -0.393 e. The van der Waals surface area contributed by atoms with Crippen LogP contribution in [0.1, 0.15) is 11.5 Å². The van der Waals surface area contributed by atoms with E-state index < -0.39 is 15.1 Å². The second kappa shape index (κ2) is 5.65. The van der Waals surface area contributed by atoms with E-state index in [9.17, 15) is 8.42 Å². The van der Waals surface area contributed by atoms with Crippen molar-refractivity contribution in [1.82, 2.24) is 0 Å². The Morgan fingerprint density at radius 1 is 1.05 bits per heavy atom. The lowest BCUT2D eigenvalue weighted by Crippen LogP contribution is -2.17. The average molecular weight is 352 g/mol. The fraction of sp³-hybridized carbons (Fsp3) is 0.188. The molecule has 0 heterocycles. The number of hydrogen-bond donors (Lipinski definition) is 1. The first kappa shape index (κ1) is 15.5. The summed E-state index contributed by atoms with van der Waals surface area (Å²) in [6.45, 7) is 0. The molecule has 114 valence electrons. The smallest absolute Gasteiger partial charge is 0.182 e. The van der Waals surface area contributed by atoms with Gasteiger partial charge < -0.3 is 5.73 Å². The zero-order valence-electron chi connectivity index (χ0n) is 11.5. The summed E-state index contributed by atoms with van der Waals surface area (Å²) in [5, 5.41) is -0.103. The van der Waals surface area contributed by atoms with E-state index in [0.29, 0.717) is 5.02 Å². The van der Waals surface area contributed by atoms with Crippen molar-refractivity contribution in [1.29, 1.82) is 0 Å². The molecule has 0 radical (unpaired) electrons. The van der Waals surface area contributed by atoms with Crippen LogP contribution in [0.25, 0.3) is 0 Å². The Morgan fingerprint density at radius 3 is 2.18 bits per heavy atom. The molecule has 0 aromatic heterocycles. The fourth-order valence-corrected chi connectivity index (χ4v) is 5.52. The summed E-state index contributed by atoms with van der Waals surface area (Å²) in [4.78, 5) is 0.498. The first-order valence-electron chi connectivity index (χ1n) is 6.76. The summed E-state index contributed by atoms with van der Waals surface area (Å²) >= 11 is 10.9. The van der Waals surface area contributed by atoms with Gasteiger partial charge in [0.25, 0.3) is 0 Å². The topological polar surface area (TPSA) is 60.2 Å². The second-order valence-electron chi connectivity index (χ2n) is 5.33. The van der Waals surface area contributed by atoms with Gasteiger partial charge in [-0.2, -0.15) is 0 Å². The van der Waals surface area contributed by atoms with Crippen LogP contribution in [0.3, 0.4) is 0 Å². The molecule has 2 aromatic carbocycles. The summed E-state index contributed by atoms with van der Waals surface area (Å²) in [5.74, 6) is -0.502. The number of sulfone groups is 1. The normalized spacial score (nSPS) is 24.0. The summed E-state index contributed by atoms with van der Waals surface area (Å²) in [6, 6.07) is 15.7. The lowest BCUT2D eigenvalue weighted by molar-refractivity contribution is 0.593. The summed E-state index contributed by atoms with van der Waals surface area (Å²) in [5.41, 5.74) is 6.71. The van der Waals surface area contributed by atoms with E-state index >= 15 is 0 Å². The van der Waals surface area contributed by atoms with Gasteiger partial charge in [0.2, 0.25) is 0 Å². The van der Waals surface area contributed by atoms with Gasteiger partial charge in [0.05, 0.1) is 15.1 Å². The van der Waals surface area contributed by atoms with Crippen molar-refractivity contribution < 1.29 is 8.42 Å². The zero-order chi connectivity index (χ0) is 15.9. The van der Waals surface area contributed by atoms with E-state index in [1.54, 1.807) is 12.1 Å². The molecule has 2 N–H and O–H groups in total. The molecule has 2 aromatic rings. The molecule has 0 unspecified atom stereocenters. The summed E-state index contributed by atoms with van der Waals surface area (Å²) in [6.07, 6.45) is 0. The Hall–Kier alpha value is -1.43. The molecule has 0 amide bonds. The van der Waals surface area contributed by atoms with Crippen molar-refractivity contribution in [2.45, 2.75) is 16.1 Å². The third-order valence-corrected chi connectivity index (χ3v) is 6.72. The molecule has 0 bridgehead atoms. The van der Waals surface area contributed by atoms with E-state index in [4.69, 9.17) is 29.6 Å². The molecule has 1 fully saturated rings. The summed E-state index contributed by atoms with van der Waals surface area (Å²) in [7, 11) is -3.50. The minimum absolute atomic E-state index is 0.181. The highest BCUT2D eigenvalue weighted by Crippen LogP contribution is 2.54. The Balaban J connectivity index is 1.99. The van der Waals surface area contributed by atoms with Gasteiger partial charge in [0.15, 0.2) is 9.84 Å². The molecular formula is C16H14ClNO2S2. The molecule has 22 heavy (non-hydrogen) atoms. The van der Waals surface area contributed by atoms with Crippen LogP contribution >= 0.6 is 23.8 Å². The Labute approximate surface area is 140 Å². The second-order valence-corrected chi connectivity index (χ2v) is 8.34. The van der Waals surface area contributed by atoms with Gasteiger partial charge in [-0.1, -0.05) is 54.2 Å². The van der Waals surface area contributed by atoms with Crippen LogP contribution < -0.4 is 5.73 Å². The maximum atomic E-state index is 12.8. The molecular weight excluding hydrogens is 338 g/mol. The number of nitrogens with two attached hydrogens (primary N) is 1. The molecule has 3 nitrogen and oxygen atoms in total. The Kier molecular flexibility index (Phi) is 3.97. The van der Waals surface area contributed by atoms with Crippen molar-refractivity contribution in [2.24, 2.45) is 11.7 Å². The summed E-state index contributed by atoms with van der Waals surface area (Å²) < 4.78 is 25.7. The first-order chi connectivity index (χ1) is 10.4. The molecule has 1 aliphatic rings. The minimum atomic E-state index is -3.50.